The van der Waals surface area contributed by atoms with E-state index < -0.39 is 0 Å². The normalized spacial score (nSPS) is 20.7. The lowest BCUT2D eigenvalue weighted by molar-refractivity contribution is -0.877. The average Bonchev–Trinajstić information content (AvgIpc) is 2.40. The van der Waals surface area contributed by atoms with Crippen molar-refractivity contribution in [2.45, 2.75) is 32.1 Å². The molecule has 1 unspecified atom stereocenters. The molecule has 2 rings (SSSR count). The first kappa shape index (κ1) is 18.1. The van der Waals surface area contributed by atoms with Crippen molar-refractivity contribution < 1.29 is 28.6 Å². The Morgan fingerprint density at radius 2 is 1.86 bits per heavy atom. The first-order valence-corrected chi connectivity index (χ1v) is 7.37. The Labute approximate surface area is 145 Å². The molecule has 0 N–H and O–H groups in total. The molecule has 0 aliphatic heterocycles. The van der Waals surface area contributed by atoms with Crippen LogP contribution in [0.25, 0.3) is 0 Å². The second-order valence-corrected chi connectivity index (χ2v) is 6.49. The minimum Gasteiger partial charge on any atom is -1.00 e. The van der Waals surface area contributed by atoms with Gasteiger partial charge in [-0.3, -0.25) is 0 Å². The summed E-state index contributed by atoms with van der Waals surface area (Å²) in [6, 6.07) is 10.2. The van der Waals surface area contributed by atoms with Crippen LogP contribution in [0, 0.1) is 17.2 Å². The number of nitrogens with zero attached hydrogens (tertiary/aromatic N) is 3. The van der Waals surface area contributed by atoms with Crippen molar-refractivity contribution in [3.63, 3.8) is 0 Å². The van der Waals surface area contributed by atoms with Crippen LogP contribution < -0.4 is 24.0 Å². The number of hydrogen-bond acceptors (Lipinski definition) is 2. The highest BCUT2D eigenvalue weighted by Crippen LogP contribution is 2.26. The number of halogens is 1. The van der Waals surface area contributed by atoms with Gasteiger partial charge in [0.25, 0.3) is 0 Å². The molecule has 1 aromatic rings. The summed E-state index contributed by atoms with van der Waals surface area (Å²) >= 11 is 0. The lowest BCUT2D eigenvalue weighted by Crippen LogP contribution is -3.00. The van der Waals surface area contributed by atoms with Crippen LogP contribution in [-0.4, -0.2) is 31.4 Å². The van der Waals surface area contributed by atoms with Crippen LogP contribution in [0.4, 0.5) is 0 Å². The van der Waals surface area contributed by atoms with Crippen LogP contribution in [0.5, 0.6) is 0 Å². The molecule has 1 saturated carbocycles. The summed E-state index contributed by atoms with van der Waals surface area (Å²) in [7, 11) is 6.33. The van der Waals surface area contributed by atoms with Crippen LogP contribution >= 0.6 is 0 Å². The fraction of sp³-hybridized carbons (Fsp3) is 0.529. The molecular formula is C17H24IN3. The van der Waals surface area contributed by atoms with Gasteiger partial charge in [0.1, 0.15) is 0 Å². The first-order chi connectivity index (χ1) is 9.48. The number of nitriles is 1. The van der Waals surface area contributed by atoms with Gasteiger partial charge in [-0.1, -0.05) is 23.7 Å². The number of rotatable bonds is 3. The molecule has 0 spiro atoms. The van der Waals surface area contributed by atoms with E-state index in [2.05, 4.69) is 39.3 Å². The van der Waals surface area contributed by atoms with E-state index in [9.17, 15) is 0 Å². The smallest absolute Gasteiger partial charge is 0.0991 e. The maximum Gasteiger partial charge on any atom is 0.0991 e. The van der Waals surface area contributed by atoms with Crippen LogP contribution in [0.1, 0.15) is 36.8 Å². The Kier molecular flexibility index (Phi) is 6.82. The van der Waals surface area contributed by atoms with Crippen molar-refractivity contribution in [2.24, 2.45) is 11.0 Å². The van der Waals surface area contributed by atoms with Crippen LogP contribution in [0.15, 0.2) is 29.4 Å². The lowest BCUT2D eigenvalue weighted by atomic mass is 9.83. The van der Waals surface area contributed by atoms with Gasteiger partial charge in [-0.2, -0.15) is 5.26 Å². The summed E-state index contributed by atoms with van der Waals surface area (Å²) in [5, 5.41) is 13.7. The minimum absolute atomic E-state index is 0. The van der Waals surface area contributed by atoms with E-state index in [0.717, 1.165) is 18.4 Å². The van der Waals surface area contributed by atoms with Gasteiger partial charge in [0.15, 0.2) is 0 Å². The van der Waals surface area contributed by atoms with E-state index in [4.69, 9.17) is 10.4 Å². The molecule has 0 saturated heterocycles. The zero-order valence-electron chi connectivity index (χ0n) is 13.1. The van der Waals surface area contributed by atoms with E-state index in [0.29, 0.717) is 10.5 Å². The molecule has 4 heteroatoms. The summed E-state index contributed by atoms with van der Waals surface area (Å²) in [6.07, 6.45) is 5.99. The van der Waals surface area contributed by atoms with Crippen molar-refractivity contribution in [3.05, 3.63) is 35.4 Å². The Morgan fingerprint density at radius 1 is 1.19 bits per heavy atom. The van der Waals surface area contributed by atoms with Gasteiger partial charge < -0.3 is 24.0 Å². The predicted octanol–water partition coefficient (Wildman–Crippen LogP) is 0.357. The highest BCUT2D eigenvalue weighted by Gasteiger charge is 2.24. The summed E-state index contributed by atoms with van der Waals surface area (Å²) in [5.41, 5.74) is 3.41. The molecular weight excluding hydrogens is 373 g/mol. The van der Waals surface area contributed by atoms with Gasteiger partial charge in [-0.05, 0) is 43.4 Å². The van der Waals surface area contributed by atoms with Gasteiger partial charge in [-0.25, -0.2) is 4.59 Å². The molecule has 3 nitrogen and oxygen atoms in total. The van der Waals surface area contributed by atoms with Crippen LogP contribution in [-0.2, 0) is 6.42 Å². The van der Waals surface area contributed by atoms with Crippen LogP contribution in [0.2, 0.25) is 0 Å². The van der Waals surface area contributed by atoms with Gasteiger partial charge in [0, 0.05) is 5.92 Å². The molecule has 0 heterocycles. The monoisotopic (exact) mass is 397 g/mol. The van der Waals surface area contributed by atoms with Crippen molar-refractivity contribution >= 4 is 5.71 Å². The fourth-order valence-electron chi connectivity index (χ4n) is 2.80. The second-order valence-electron chi connectivity index (χ2n) is 6.49. The van der Waals surface area contributed by atoms with E-state index >= 15 is 0 Å². The molecule has 1 atom stereocenters. The zero-order chi connectivity index (χ0) is 14.6. The zero-order valence-corrected chi connectivity index (χ0v) is 15.3. The summed E-state index contributed by atoms with van der Waals surface area (Å²) in [6.45, 7) is 0. The largest absolute Gasteiger partial charge is 1.00 e. The molecule has 21 heavy (non-hydrogen) atoms. The third kappa shape index (κ3) is 5.76. The summed E-state index contributed by atoms with van der Waals surface area (Å²) in [5.74, 6) is 0.564. The van der Waals surface area contributed by atoms with Gasteiger partial charge in [0.2, 0.25) is 0 Å². The van der Waals surface area contributed by atoms with Gasteiger partial charge in [0.05, 0.1) is 38.5 Å². The van der Waals surface area contributed by atoms with E-state index in [1.54, 1.807) is 0 Å². The molecule has 1 aliphatic rings. The van der Waals surface area contributed by atoms with E-state index in [1.807, 2.05) is 12.1 Å². The third-order valence-electron chi connectivity index (χ3n) is 3.70. The van der Waals surface area contributed by atoms with Gasteiger partial charge >= 0.3 is 0 Å². The Hall–Kier alpha value is -0.930. The molecule has 0 bridgehead atoms. The quantitative estimate of drug-likeness (QED) is 0.412. The lowest BCUT2D eigenvalue weighted by Gasteiger charge is -2.26. The summed E-state index contributed by atoms with van der Waals surface area (Å²) in [4.78, 5) is 0. The van der Waals surface area contributed by atoms with E-state index in [1.165, 1.54) is 30.5 Å². The minimum atomic E-state index is 0. The average molecular weight is 397 g/mol. The number of hydrogen-bond donors (Lipinski definition) is 0. The topological polar surface area (TPSA) is 36.1 Å². The van der Waals surface area contributed by atoms with Crippen molar-refractivity contribution in [1.82, 2.24) is 0 Å². The van der Waals surface area contributed by atoms with E-state index in [-0.39, 0.29) is 24.0 Å². The Balaban J connectivity index is 0.00000220. The highest BCUT2D eigenvalue weighted by atomic mass is 127. The van der Waals surface area contributed by atoms with Crippen LogP contribution in [0.3, 0.4) is 0 Å². The molecule has 0 aromatic heterocycles. The number of quaternary nitrogens is 1. The van der Waals surface area contributed by atoms with Gasteiger partial charge in [-0.15, -0.1) is 0 Å². The second kappa shape index (κ2) is 7.90. The standard InChI is InChI=1S/C17H24N3.HI/c1-20(2,3)19-17-7-5-4-6-16(17)12-14-8-10-15(13-18)11-9-14;/h8-11,16H,4-7,12H2,1-3H3;1H/q+1;/p-1/b19-17+;. The fourth-order valence-corrected chi connectivity index (χ4v) is 2.80. The SMILES string of the molecule is C[N+](C)(C)/N=C1\CCCCC1Cc1ccc(C#N)cc1.[I-]. The molecule has 1 aliphatic carbocycles. The van der Waals surface area contributed by atoms with Crippen molar-refractivity contribution in [1.29, 1.82) is 5.26 Å². The molecule has 114 valence electrons. The molecule has 0 radical (unpaired) electrons. The maximum absolute atomic E-state index is 8.85. The third-order valence-corrected chi connectivity index (χ3v) is 3.70. The highest BCUT2D eigenvalue weighted by molar-refractivity contribution is 5.87. The van der Waals surface area contributed by atoms with Crippen molar-refractivity contribution in [3.8, 4) is 6.07 Å². The first-order valence-electron chi connectivity index (χ1n) is 7.37. The number of benzene rings is 1. The maximum atomic E-state index is 8.85. The Bertz CT molecular complexity index is 520. The predicted molar refractivity (Wildman–Crippen MR) is 82.3 cm³/mol. The molecule has 0 amide bonds. The molecule has 1 aromatic carbocycles. The molecule has 1 fully saturated rings. The van der Waals surface area contributed by atoms with Crippen molar-refractivity contribution in [2.75, 3.05) is 21.1 Å². The summed E-state index contributed by atoms with van der Waals surface area (Å²) < 4.78 is 0.652. The Morgan fingerprint density at radius 3 is 2.43 bits per heavy atom.